The molecular formula is C14H20F3N3. The van der Waals surface area contributed by atoms with Crippen molar-refractivity contribution < 1.29 is 13.2 Å². The van der Waals surface area contributed by atoms with Crippen molar-refractivity contribution in [2.24, 2.45) is 5.92 Å². The third kappa shape index (κ3) is 3.22. The van der Waals surface area contributed by atoms with Gasteiger partial charge in [-0.05, 0) is 31.2 Å². The Morgan fingerprint density at radius 1 is 1.40 bits per heavy atom. The zero-order chi connectivity index (χ0) is 14.8. The molecule has 20 heavy (non-hydrogen) atoms. The number of hydrogen-bond acceptors (Lipinski definition) is 3. The number of nitrogens with zero attached hydrogens (tertiary/aromatic N) is 3. The van der Waals surface area contributed by atoms with Crippen LogP contribution in [0.2, 0.25) is 0 Å². The molecule has 0 aliphatic carbocycles. The quantitative estimate of drug-likeness (QED) is 0.844. The summed E-state index contributed by atoms with van der Waals surface area (Å²) in [5, 5.41) is 0. The molecule has 0 amide bonds. The Hall–Kier alpha value is -1.33. The van der Waals surface area contributed by atoms with E-state index in [0.29, 0.717) is 5.92 Å². The van der Waals surface area contributed by atoms with Crippen LogP contribution in [0.25, 0.3) is 0 Å². The lowest BCUT2D eigenvalue weighted by molar-refractivity contribution is -0.141. The van der Waals surface area contributed by atoms with Gasteiger partial charge in [0.2, 0.25) is 5.95 Å². The summed E-state index contributed by atoms with van der Waals surface area (Å²) in [4.78, 5) is 9.73. The van der Waals surface area contributed by atoms with Crippen LogP contribution in [0.4, 0.5) is 19.1 Å². The van der Waals surface area contributed by atoms with Crippen LogP contribution in [0, 0.1) is 5.92 Å². The van der Waals surface area contributed by atoms with E-state index in [2.05, 4.69) is 23.8 Å². The van der Waals surface area contributed by atoms with Crippen molar-refractivity contribution in [2.45, 2.75) is 51.7 Å². The van der Waals surface area contributed by atoms with E-state index >= 15 is 0 Å². The number of halogens is 3. The molecular weight excluding hydrogens is 267 g/mol. The Labute approximate surface area is 117 Å². The van der Waals surface area contributed by atoms with Gasteiger partial charge in [0.15, 0.2) is 0 Å². The Bertz CT molecular complexity index is 448. The van der Waals surface area contributed by atoms with Crippen LogP contribution in [0.3, 0.4) is 0 Å². The van der Waals surface area contributed by atoms with Gasteiger partial charge in [-0.25, -0.2) is 9.97 Å². The molecule has 112 valence electrons. The van der Waals surface area contributed by atoms with Crippen molar-refractivity contribution in [3.63, 3.8) is 0 Å². The van der Waals surface area contributed by atoms with Crippen LogP contribution < -0.4 is 4.90 Å². The highest BCUT2D eigenvalue weighted by molar-refractivity contribution is 5.34. The van der Waals surface area contributed by atoms with Gasteiger partial charge in [0.05, 0.1) is 0 Å². The monoisotopic (exact) mass is 287 g/mol. The summed E-state index contributed by atoms with van der Waals surface area (Å²) >= 11 is 0. The molecule has 1 fully saturated rings. The normalized spacial score (nSPS) is 23.9. The van der Waals surface area contributed by atoms with E-state index in [1.807, 2.05) is 4.90 Å². The summed E-state index contributed by atoms with van der Waals surface area (Å²) < 4.78 is 38.2. The Kier molecular flexibility index (Phi) is 4.50. The number of aromatic nitrogens is 2. The fraction of sp³-hybridized carbons (Fsp3) is 0.714. The minimum absolute atomic E-state index is 0.213. The Balaban J connectivity index is 2.28. The van der Waals surface area contributed by atoms with Gasteiger partial charge in [0, 0.05) is 18.8 Å². The molecule has 0 aromatic carbocycles. The van der Waals surface area contributed by atoms with Crippen molar-refractivity contribution >= 4 is 5.95 Å². The summed E-state index contributed by atoms with van der Waals surface area (Å²) in [6.45, 7) is 4.98. The zero-order valence-corrected chi connectivity index (χ0v) is 11.8. The van der Waals surface area contributed by atoms with Crippen molar-refractivity contribution in [1.29, 1.82) is 0 Å². The SMILES string of the molecule is CCC[C@@H]1[C@@H](C)CCCN1c1nccc(C(F)(F)F)n1. The van der Waals surface area contributed by atoms with Crippen LogP contribution >= 0.6 is 0 Å². The summed E-state index contributed by atoms with van der Waals surface area (Å²) in [5.74, 6) is 0.673. The van der Waals surface area contributed by atoms with Gasteiger partial charge in [-0.1, -0.05) is 20.3 Å². The number of hydrogen-bond donors (Lipinski definition) is 0. The summed E-state index contributed by atoms with van der Waals surface area (Å²) in [6.07, 6.45) is 0.832. The van der Waals surface area contributed by atoms with Crippen molar-refractivity contribution in [3.8, 4) is 0 Å². The van der Waals surface area contributed by atoms with Gasteiger partial charge >= 0.3 is 6.18 Å². The molecule has 0 N–H and O–H groups in total. The predicted molar refractivity (Wildman–Crippen MR) is 71.5 cm³/mol. The first-order valence-electron chi connectivity index (χ1n) is 7.10. The first-order valence-corrected chi connectivity index (χ1v) is 7.10. The lowest BCUT2D eigenvalue weighted by Crippen LogP contribution is -2.45. The third-order valence-corrected chi connectivity index (χ3v) is 3.89. The largest absolute Gasteiger partial charge is 0.433 e. The van der Waals surface area contributed by atoms with Gasteiger partial charge in [-0.3, -0.25) is 0 Å². The smallest absolute Gasteiger partial charge is 0.338 e. The topological polar surface area (TPSA) is 29.0 Å². The minimum Gasteiger partial charge on any atom is -0.338 e. The molecule has 0 bridgehead atoms. The highest BCUT2D eigenvalue weighted by Crippen LogP contribution is 2.32. The molecule has 1 saturated heterocycles. The summed E-state index contributed by atoms with van der Waals surface area (Å²) in [7, 11) is 0. The molecule has 2 heterocycles. The standard InChI is InChI=1S/C14H20F3N3/c1-3-5-11-10(2)6-4-9-20(11)13-18-8-7-12(19-13)14(15,16)17/h7-8,10-11H,3-6,9H2,1-2H3/t10-,11+/m0/s1. The van der Waals surface area contributed by atoms with E-state index in [-0.39, 0.29) is 12.0 Å². The lowest BCUT2D eigenvalue weighted by Gasteiger charge is -2.40. The summed E-state index contributed by atoms with van der Waals surface area (Å²) in [6, 6.07) is 1.16. The third-order valence-electron chi connectivity index (χ3n) is 3.89. The maximum atomic E-state index is 12.7. The molecule has 6 heteroatoms. The van der Waals surface area contributed by atoms with Gasteiger partial charge < -0.3 is 4.90 Å². The van der Waals surface area contributed by atoms with Crippen molar-refractivity contribution in [2.75, 3.05) is 11.4 Å². The van der Waals surface area contributed by atoms with E-state index in [1.54, 1.807) is 0 Å². The number of piperidine rings is 1. The number of rotatable bonds is 3. The number of anilines is 1. The van der Waals surface area contributed by atoms with Crippen molar-refractivity contribution in [1.82, 2.24) is 9.97 Å². The van der Waals surface area contributed by atoms with Crippen LogP contribution in [0.1, 0.15) is 45.2 Å². The predicted octanol–water partition coefficient (Wildman–Crippen LogP) is 3.90. The fourth-order valence-electron chi connectivity index (χ4n) is 2.88. The van der Waals surface area contributed by atoms with Gasteiger partial charge in [0.25, 0.3) is 0 Å². The molecule has 2 atom stereocenters. The second kappa shape index (κ2) is 5.97. The second-order valence-electron chi connectivity index (χ2n) is 5.41. The van der Waals surface area contributed by atoms with Crippen LogP contribution in [0.5, 0.6) is 0 Å². The van der Waals surface area contributed by atoms with E-state index in [0.717, 1.165) is 38.3 Å². The molecule has 3 nitrogen and oxygen atoms in total. The lowest BCUT2D eigenvalue weighted by atomic mass is 9.88. The minimum atomic E-state index is -4.42. The molecule has 0 unspecified atom stereocenters. The molecule has 0 spiro atoms. The Morgan fingerprint density at radius 3 is 2.80 bits per heavy atom. The molecule has 1 aromatic heterocycles. The first kappa shape index (κ1) is 15.1. The second-order valence-corrected chi connectivity index (χ2v) is 5.41. The maximum Gasteiger partial charge on any atom is 0.433 e. The highest BCUT2D eigenvalue weighted by Gasteiger charge is 2.35. The van der Waals surface area contributed by atoms with E-state index in [9.17, 15) is 13.2 Å². The summed E-state index contributed by atoms with van der Waals surface area (Å²) in [5.41, 5.74) is -0.865. The molecule has 0 radical (unpaired) electrons. The maximum absolute atomic E-state index is 12.7. The highest BCUT2D eigenvalue weighted by atomic mass is 19.4. The van der Waals surface area contributed by atoms with Crippen LogP contribution in [-0.4, -0.2) is 22.6 Å². The van der Waals surface area contributed by atoms with Gasteiger partial charge in [0.1, 0.15) is 5.69 Å². The van der Waals surface area contributed by atoms with Crippen molar-refractivity contribution in [3.05, 3.63) is 18.0 Å². The van der Waals surface area contributed by atoms with Crippen LogP contribution in [0.15, 0.2) is 12.3 Å². The van der Waals surface area contributed by atoms with E-state index in [1.165, 1.54) is 6.20 Å². The van der Waals surface area contributed by atoms with Gasteiger partial charge in [-0.2, -0.15) is 13.2 Å². The van der Waals surface area contributed by atoms with E-state index < -0.39 is 11.9 Å². The molecule has 1 aliphatic heterocycles. The Morgan fingerprint density at radius 2 is 2.15 bits per heavy atom. The zero-order valence-electron chi connectivity index (χ0n) is 11.8. The molecule has 2 rings (SSSR count). The molecule has 1 aromatic rings. The molecule has 1 aliphatic rings. The van der Waals surface area contributed by atoms with Crippen LogP contribution in [-0.2, 0) is 6.18 Å². The fourth-order valence-corrected chi connectivity index (χ4v) is 2.88. The van der Waals surface area contributed by atoms with E-state index in [4.69, 9.17) is 0 Å². The first-order chi connectivity index (χ1) is 9.43. The average molecular weight is 287 g/mol. The number of alkyl halides is 3. The molecule has 0 saturated carbocycles. The van der Waals surface area contributed by atoms with Gasteiger partial charge in [-0.15, -0.1) is 0 Å². The average Bonchev–Trinajstić information content (AvgIpc) is 2.40.